The zero-order chi connectivity index (χ0) is 13.8. The maximum absolute atomic E-state index is 10.9. The van der Waals surface area contributed by atoms with Gasteiger partial charge in [-0.2, -0.15) is 5.26 Å². The number of anilines is 1. The summed E-state index contributed by atoms with van der Waals surface area (Å²) in [5.74, 6) is 0.133. The number of aromatic nitrogens is 1. The molecule has 0 spiro atoms. The summed E-state index contributed by atoms with van der Waals surface area (Å²) in [6.07, 6.45) is 1.29. The molecule has 2 heterocycles. The van der Waals surface area contributed by atoms with E-state index in [9.17, 15) is 10.1 Å². The van der Waals surface area contributed by atoms with Crippen LogP contribution in [-0.4, -0.2) is 9.91 Å². The largest absolute Gasteiger partial charge is 0.359 e. The summed E-state index contributed by atoms with van der Waals surface area (Å²) in [6.45, 7) is 0.386. The molecule has 2 rings (SSSR count). The average molecular weight is 295 g/mol. The predicted molar refractivity (Wildman–Crippen MR) is 72.3 cm³/mol. The van der Waals surface area contributed by atoms with Gasteiger partial charge in [0, 0.05) is 17.1 Å². The van der Waals surface area contributed by atoms with E-state index in [4.69, 9.17) is 16.9 Å². The van der Waals surface area contributed by atoms with Crippen molar-refractivity contribution in [3.63, 3.8) is 0 Å². The van der Waals surface area contributed by atoms with Crippen molar-refractivity contribution in [3.05, 3.63) is 49.3 Å². The van der Waals surface area contributed by atoms with Crippen LogP contribution in [0.15, 0.2) is 24.4 Å². The van der Waals surface area contributed by atoms with E-state index in [-0.39, 0.29) is 17.1 Å². The van der Waals surface area contributed by atoms with Crippen molar-refractivity contribution in [2.75, 3.05) is 5.32 Å². The molecule has 0 aromatic carbocycles. The molecule has 8 heteroatoms. The molecule has 0 atom stereocenters. The molecule has 0 aliphatic carbocycles. The molecule has 1 N–H and O–H groups in total. The van der Waals surface area contributed by atoms with Gasteiger partial charge in [0.25, 0.3) is 0 Å². The average Bonchev–Trinajstić information content (AvgIpc) is 2.82. The van der Waals surface area contributed by atoms with Gasteiger partial charge in [-0.15, -0.1) is 11.3 Å². The molecule has 2 aromatic rings. The fourth-order valence-electron chi connectivity index (χ4n) is 1.41. The van der Waals surface area contributed by atoms with Crippen LogP contribution in [0.4, 0.5) is 11.5 Å². The van der Waals surface area contributed by atoms with Crippen LogP contribution in [0.1, 0.15) is 10.4 Å². The highest BCUT2D eigenvalue weighted by Crippen LogP contribution is 2.25. The van der Waals surface area contributed by atoms with E-state index in [1.165, 1.54) is 23.6 Å². The Balaban J connectivity index is 2.20. The lowest BCUT2D eigenvalue weighted by Crippen LogP contribution is -2.04. The Labute approximate surface area is 117 Å². The van der Waals surface area contributed by atoms with Gasteiger partial charge in [-0.3, -0.25) is 10.1 Å². The van der Waals surface area contributed by atoms with Crippen LogP contribution in [-0.2, 0) is 6.54 Å². The highest BCUT2D eigenvalue weighted by atomic mass is 35.5. The summed E-state index contributed by atoms with van der Waals surface area (Å²) in [5.41, 5.74) is -0.0712. The van der Waals surface area contributed by atoms with Crippen LogP contribution in [0, 0.1) is 21.4 Å². The molecular formula is C11H7ClN4O2S. The third-order valence-corrected chi connectivity index (χ3v) is 3.48. The molecule has 0 aliphatic heterocycles. The smallest absolute Gasteiger partial charge is 0.312 e. The van der Waals surface area contributed by atoms with Crippen LogP contribution >= 0.6 is 22.9 Å². The van der Waals surface area contributed by atoms with Crippen molar-refractivity contribution in [2.24, 2.45) is 0 Å². The maximum Gasteiger partial charge on any atom is 0.312 e. The minimum atomic E-state index is -0.572. The first-order valence-electron chi connectivity index (χ1n) is 5.13. The summed E-state index contributed by atoms with van der Waals surface area (Å²) < 4.78 is 0.652. The molecule has 2 aromatic heterocycles. The van der Waals surface area contributed by atoms with Gasteiger partial charge in [-0.1, -0.05) is 11.6 Å². The van der Waals surface area contributed by atoms with Crippen molar-refractivity contribution in [1.82, 2.24) is 4.98 Å². The fourth-order valence-corrected chi connectivity index (χ4v) is 2.43. The van der Waals surface area contributed by atoms with Gasteiger partial charge in [0.1, 0.15) is 6.07 Å². The number of nitrogens with one attached hydrogen (secondary N) is 1. The quantitative estimate of drug-likeness (QED) is 0.690. The Morgan fingerprint density at radius 3 is 2.95 bits per heavy atom. The Bertz CT molecular complexity index is 665. The lowest BCUT2D eigenvalue weighted by Gasteiger charge is -2.04. The highest BCUT2D eigenvalue weighted by Gasteiger charge is 2.16. The van der Waals surface area contributed by atoms with Gasteiger partial charge in [0.05, 0.1) is 21.4 Å². The molecule has 6 nitrogen and oxygen atoms in total. The van der Waals surface area contributed by atoms with Gasteiger partial charge in [0.15, 0.2) is 0 Å². The number of nitrogens with zero attached hydrogens (tertiary/aromatic N) is 3. The Hall–Kier alpha value is -2.17. The van der Waals surface area contributed by atoms with E-state index in [1.807, 2.05) is 12.1 Å². The second kappa shape index (κ2) is 5.65. The number of hydrogen-bond donors (Lipinski definition) is 1. The number of nitro groups is 1. The third kappa shape index (κ3) is 3.19. The van der Waals surface area contributed by atoms with Crippen molar-refractivity contribution in [1.29, 1.82) is 5.26 Å². The molecule has 19 heavy (non-hydrogen) atoms. The minimum Gasteiger partial charge on any atom is -0.359 e. The second-order valence-electron chi connectivity index (χ2n) is 3.52. The fraction of sp³-hybridized carbons (Fsp3) is 0.0909. The van der Waals surface area contributed by atoms with Gasteiger partial charge in [0.2, 0.25) is 5.82 Å². The molecule has 96 valence electrons. The zero-order valence-corrected chi connectivity index (χ0v) is 11.0. The number of pyridine rings is 1. The van der Waals surface area contributed by atoms with Gasteiger partial charge in [-0.05, 0) is 12.1 Å². The third-order valence-electron chi connectivity index (χ3n) is 2.25. The number of nitriles is 1. The van der Waals surface area contributed by atoms with Crippen LogP contribution in [0.2, 0.25) is 4.34 Å². The van der Waals surface area contributed by atoms with Crippen molar-refractivity contribution >= 4 is 34.4 Å². The Morgan fingerprint density at radius 2 is 2.37 bits per heavy atom. The molecule has 0 unspecified atom stereocenters. The van der Waals surface area contributed by atoms with Crippen molar-refractivity contribution in [3.8, 4) is 6.07 Å². The Kier molecular flexibility index (Phi) is 3.94. The molecule has 0 saturated heterocycles. The van der Waals surface area contributed by atoms with E-state index >= 15 is 0 Å². The van der Waals surface area contributed by atoms with Crippen LogP contribution in [0.3, 0.4) is 0 Å². The van der Waals surface area contributed by atoms with E-state index in [0.29, 0.717) is 10.9 Å². The molecule has 0 saturated carbocycles. The predicted octanol–water partition coefficient (Wildman–Crippen LogP) is 3.19. The van der Waals surface area contributed by atoms with E-state index in [1.54, 1.807) is 6.07 Å². The molecule has 0 aliphatic rings. The highest BCUT2D eigenvalue weighted by molar-refractivity contribution is 7.16. The summed E-state index contributed by atoms with van der Waals surface area (Å²) >= 11 is 7.18. The molecule has 0 fully saturated rings. The maximum atomic E-state index is 10.9. The number of thiophene rings is 1. The Morgan fingerprint density at radius 1 is 1.58 bits per heavy atom. The van der Waals surface area contributed by atoms with E-state index < -0.39 is 4.92 Å². The van der Waals surface area contributed by atoms with Gasteiger partial charge < -0.3 is 5.32 Å². The standard InChI is InChI=1S/C11H7ClN4O2S/c12-10-2-1-8(19-10)6-15-11-9(16(17)18)3-7(4-13)5-14-11/h1-3,5H,6H2,(H,14,15). The monoisotopic (exact) mass is 294 g/mol. The van der Waals surface area contributed by atoms with Crippen molar-refractivity contribution in [2.45, 2.75) is 6.54 Å². The first-order valence-corrected chi connectivity index (χ1v) is 6.32. The number of rotatable bonds is 4. The van der Waals surface area contributed by atoms with Crippen molar-refractivity contribution < 1.29 is 4.92 Å². The van der Waals surface area contributed by atoms with E-state index in [2.05, 4.69) is 10.3 Å². The normalized spacial score (nSPS) is 9.89. The topological polar surface area (TPSA) is 91.8 Å². The number of halogens is 1. The second-order valence-corrected chi connectivity index (χ2v) is 5.32. The lowest BCUT2D eigenvalue weighted by atomic mass is 10.2. The first kappa shape index (κ1) is 13.3. The summed E-state index contributed by atoms with van der Waals surface area (Å²) in [4.78, 5) is 15.2. The summed E-state index contributed by atoms with van der Waals surface area (Å²) in [6, 6.07) is 6.59. The van der Waals surface area contributed by atoms with Gasteiger partial charge >= 0.3 is 5.69 Å². The minimum absolute atomic E-state index is 0.133. The lowest BCUT2D eigenvalue weighted by molar-refractivity contribution is -0.384. The van der Waals surface area contributed by atoms with E-state index in [0.717, 1.165) is 4.88 Å². The molecule has 0 bridgehead atoms. The first-order chi connectivity index (χ1) is 9.10. The van der Waals surface area contributed by atoms with Crippen LogP contribution < -0.4 is 5.32 Å². The van der Waals surface area contributed by atoms with Gasteiger partial charge in [-0.25, -0.2) is 4.98 Å². The van der Waals surface area contributed by atoms with Crippen LogP contribution in [0.25, 0.3) is 0 Å². The summed E-state index contributed by atoms with van der Waals surface area (Å²) in [5, 5.41) is 22.5. The van der Waals surface area contributed by atoms with Crippen LogP contribution in [0.5, 0.6) is 0 Å². The molecule has 0 amide bonds. The zero-order valence-electron chi connectivity index (χ0n) is 9.46. The molecule has 0 radical (unpaired) electrons. The number of hydrogen-bond acceptors (Lipinski definition) is 6. The molecular weight excluding hydrogens is 288 g/mol. The summed E-state index contributed by atoms with van der Waals surface area (Å²) in [7, 11) is 0. The SMILES string of the molecule is N#Cc1cnc(NCc2ccc(Cl)s2)c([N+](=O)[O-])c1.